The van der Waals surface area contributed by atoms with Crippen molar-refractivity contribution in [3.05, 3.63) is 29.8 Å². The molecule has 0 saturated heterocycles. The van der Waals surface area contributed by atoms with Gasteiger partial charge in [0, 0.05) is 5.41 Å². The van der Waals surface area contributed by atoms with Gasteiger partial charge in [0.05, 0.1) is 23.3 Å². The van der Waals surface area contributed by atoms with E-state index in [1.54, 1.807) is 13.8 Å². The van der Waals surface area contributed by atoms with Crippen molar-refractivity contribution in [2.75, 3.05) is 24.5 Å². The summed E-state index contributed by atoms with van der Waals surface area (Å²) in [5.41, 5.74) is -0.521. The van der Waals surface area contributed by atoms with Crippen LogP contribution in [0.25, 0.3) is 0 Å². The third kappa shape index (κ3) is 11.0. The Labute approximate surface area is 194 Å². The fraction of sp³-hybridized carbons (Fsp3) is 0.556. The highest BCUT2D eigenvalue weighted by Crippen LogP contribution is 2.19. The monoisotopic (exact) mass is 528 g/mol. The van der Waals surface area contributed by atoms with Gasteiger partial charge in [-0.3, -0.25) is 4.79 Å². The number of ether oxygens (including phenoxy) is 1. The van der Waals surface area contributed by atoms with E-state index in [2.05, 4.69) is 5.32 Å². The molecule has 0 saturated carbocycles. The van der Waals surface area contributed by atoms with Gasteiger partial charge in [-0.2, -0.15) is 8.42 Å². The first-order valence-electron chi connectivity index (χ1n) is 9.65. The van der Waals surface area contributed by atoms with Crippen LogP contribution in [0.3, 0.4) is 0 Å². The average Bonchev–Trinajstić information content (AvgIpc) is 2.65. The van der Waals surface area contributed by atoms with Crippen LogP contribution in [0, 0.1) is 5.41 Å². The number of esters is 1. The lowest BCUT2D eigenvalue weighted by molar-refractivity contribution is -0.130. The van der Waals surface area contributed by atoms with Crippen molar-refractivity contribution in [1.82, 2.24) is 9.44 Å². The summed E-state index contributed by atoms with van der Waals surface area (Å²) in [6, 6.07) is 4.92. The van der Waals surface area contributed by atoms with Crippen LogP contribution in [0.2, 0.25) is 0 Å². The molecule has 188 valence electrons. The molecule has 15 heteroatoms. The van der Waals surface area contributed by atoms with Crippen LogP contribution in [0.4, 0.5) is 0 Å². The van der Waals surface area contributed by atoms with Gasteiger partial charge in [0.25, 0.3) is 0 Å². The Morgan fingerprint density at radius 3 is 2.06 bits per heavy atom. The average molecular weight is 529 g/mol. The number of nitrogens with one attached hydrogen (secondary N) is 2. The number of carbonyl (C=O) groups is 2. The maximum absolute atomic E-state index is 12.0. The van der Waals surface area contributed by atoms with Crippen LogP contribution in [-0.2, 0) is 39.7 Å². The molecular weight excluding hydrogens is 500 g/mol. The molecule has 2 N–H and O–H groups in total. The van der Waals surface area contributed by atoms with Crippen LogP contribution < -0.4 is 13.6 Å². The molecule has 0 bridgehead atoms. The van der Waals surface area contributed by atoms with Gasteiger partial charge in [0.1, 0.15) is 5.75 Å². The van der Waals surface area contributed by atoms with E-state index in [0.717, 1.165) is 0 Å². The largest absolute Gasteiger partial charge is 0.441 e. The maximum atomic E-state index is 12.0. The van der Waals surface area contributed by atoms with E-state index in [0.29, 0.717) is 12.7 Å². The van der Waals surface area contributed by atoms with E-state index >= 15 is 0 Å². The highest BCUT2D eigenvalue weighted by atomic mass is 32.3. The number of carbonyl (C=O) groups excluding carboxylic acids is 2. The highest BCUT2D eigenvalue weighted by Gasteiger charge is 2.25. The second kappa shape index (κ2) is 11.3. The van der Waals surface area contributed by atoms with E-state index in [4.69, 9.17) is 8.92 Å². The fourth-order valence-electron chi connectivity index (χ4n) is 2.18. The van der Waals surface area contributed by atoms with Gasteiger partial charge >= 0.3 is 16.1 Å². The van der Waals surface area contributed by atoms with Crippen molar-refractivity contribution in [3.8, 4) is 5.75 Å². The van der Waals surface area contributed by atoms with Crippen molar-refractivity contribution >= 4 is 42.0 Å². The molecule has 0 heterocycles. The van der Waals surface area contributed by atoms with E-state index in [9.17, 15) is 34.8 Å². The molecule has 0 fully saturated rings. The van der Waals surface area contributed by atoms with Gasteiger partial charge in [-0.25, -0.2) is 21.6 Å². The minimum atomic E-state index is -4.21. The number of hydrogen-bond donors (Lipinski definition) is 2. The predicted octanol–water partition coefficient (Wildman–Crippen LogP) is 0.331. The van der Waals surface area contributed by atoms with Crippen LogP contribution in [-0.4, -0.2) is 61.6 Å². The van der Waals surface area contributed by atoms with Crippen LogP contribution in [0.1, 0.15) is 44.0 Å². The molecular formula is C18H28N2O10S3. The topological polar surface area (TPSA) is 179 Å². The molecule has 0 aliphatic carbocycles. The van der Waals surface area contributed by atoms with E-state index in [1.807, 2.05) is 6.92 Å². The summed E-state index contributed by atoms with van der Waals surface area (Å²) >= 11 is 0. The smallest absolute Gasteiger partial charge is 0.339 e. The number of amides is 1. The Bertz CT molecular complexity index is 1160. The Kier molecular flexibility index (Phi) is 9.83. The lowest BCUT2D eigenvalue weighted by Crippen LogP contribution is -2.38. The van der Waals surface area contributed by atoms with Gasteiger partial charge in [-0.15, -0.1) is 4.13 Å². The van der Waals surface area contributed by atoms with E-state index < -0.39 is 59.5 Å². The molecule has 0 unspecified atom stereocenters. The Hall–Kier alpha value is -2.23. The van der Waals surface area contributed by atoms with Crippen molar-refractivity contribution < 1.29 is 43.8 Å². The SMILES string of the molecule is CCC(C)(C)C(=O)NCOC(=O)c1ccc(OS(=O)(=O)CCCS(=O)(=O)NS(C)(=O)=O)cc1. The molecule has 0 atom stereocenters. The van der Waals surface area contributed by atoms with Gasteiger partial charge in [-0.05, 0) is 37.1 Å². The molecule has 1 amide bonds. The minimum absolute atomic E-state index is 0.0849. The molecule has 0 spiro atoms. The number of sulfonamides is 2. The fourth-order valence-corrected chi connectivity index (χ4v) is 6.05. The third-order valence-corrected chi connectivity index (χ3v) is 8.62. The zero-order valence-electron chi connectivity index (χ0n) is 18.7. The highest BCUT2D eigenvalue weighted by molar-refractivity contribution is 8.04. The molecule has 33 heavy (non-hydrogen) atoms. The first-order chi connectivity index (χ1) is 15.0. The first kappa shape index (κ1) is 28.8. The number of benzene rings is 1. The van der Waals surface area contributed by atoms with E-state index in [1.165, 1.54) is 28.4 Å². The second-order valence-corrected chi connectivity index (χ2v) is 13.3. The maximum Gasteiger partial charge on any atom is 0.339 e. The van der Waals surface area contributed by atoms with Gasteiger partial charge < -0.3 is 14.2 Å². The third-order valence-electron chi connectivity index (χ3n) is 4.33. The molecule has 1 aromatic carbocycles. The zero-order chi connectivity index (χ0) is 25.5. The lowest BCUT2D eigenvalue weighted by Gasteiger charge is -2.21. The van der Waals surface area contributed by atoms with Gasteiger partial charge in [0.2, 0.25) is 26.0 Å². The summed E-state index contributed by atoms with van der Waals surface area (Å²) < 4.78 is 80.4. The molecule has 1 aromatic rings. The molecule has 0 radical (unpaired) electrons. The van der Waals surface area contributed by atoms with Crippen molar-refractivity contribution in [2.45, 2.75) is 33.6 Å². The molecule has 0 aliphatic rings. The number of hydrogen-bond acceptors (Lipinski definition) is 10. The molecule has 0 aliphatic heterocycles. The second-order valence-electron chi connectivity index (χ2n) is 7.72. The predicted molar refractivity (Wildman–Crippen MR) is 120 cm³/mol. The summed E-state index contributed by atoms with van der Waals surface area (Å²) in [7, 11) is -12.4. The Balaban J connectivity index is 2.58. The van der Waals surface area contributed by atoms with Crippen molar-refractivity contribution in [3.63, 3.8) is 0 Å². The summed E-state index contributed by atoms with van der Waals surface area (Å²) in [6.45, 7) is 5.03. The normalized spacial score (nSPS) is 12.7. The standard InChI is InChI=1S/C18H28N2O10S3/c1-5-18(2,3)17(22)19-13-29-16(21)14-7-9-15(10-8-14)30-33(27,28)12-6-11-32(25,26)20-31(4,23)24/h7-10,20H,5-6,11-13H2,1-4H3,(H,19,22). The van der Waals surface area contributed by atoms with Gasteiger partial charge in [-0.1, -0.05) is 20.8 Å². The molecule has 12 nitrogen and oxygen atoms in total. The molecule has 1 rings (SSSR count). The van der Waals surface area contributed by atoms with Crippen LogP contribution in [0.5, 0.6) is 5.75 Å². The summed E-state index contributed by atoms with van der Waals surface area (Å²) in [4.78, 5) is 24.0. The number of rotatable bonds is 13. The van der Waals surface area contributed by atoms with Crippen LogP contribution in [0.15, 0.2) is 24.3 Å². The zero-order valence-corrected chi connectivity index (χ0v) is 21.1. The van der Waals surface area contributed by atoms with Crippen molar-refractivity contribution in [2.24, 2.45) is 5.41 Å². The van der Waals surface area contributed by atoms with Crippen LogP contribution >= 0.6 is 0 Å². The van der Waals surface area contributed by atoms with Gasteiger partial charge in [0.15, 0.2) is 6.73 Å². The van der Waals surface area contributed by atoms with E-state index in [-0.39, 0.29) is 24.0 Å². The summed E-state index contributed by atoms with van der Waals surface area (Å²) in [6.07, 6.45) is 0.857. The lowest BCUT2D eigenvalue weighted by atomic mass is 9.89. The first-order valence-corrected chi connectivity index (χ1v) is 14.8. The summed E-state index contributed by atoms with van der Waals surface area (Å²) in [5.74, 6) is -2.56. The Morgan fingerprint density at radius 2 is 1.55 bits per heavy atom. The Morgan fingerprint density at radius 1 is 0.970 bits per heavy atom. The summed E-state index contributed by atoms with van der Waals surface area (Å²) in [5, 5.41) is 2.49. The van der Waals surface area contributed by atoms with Crippen molar-refractivity contribution in [1.29, 1.82) is 0 Å². The minimum Gasteiger partial charge on any atom is -0.441 e. The quantitative estimate of drug-likeness (QED) is 0.206. The molecule has 0 aromatic heterocycles.